The average Bonchev–Trinajstić information content (AvgIpc) is 2.30. The number of allylic oxidation sites excluding steroid dienone is 4. The summed E-state index contributed by atoms with van der Waals surface area (Å²) >= 11 is 0. The summed E-state index contributed by atoms with van der Waals surface area (Å²) in [5.74, 6) is 0. The lowest BCUT2D eigenvalue weighted by atomic mass is 10.0. The van der Waals surface area contributed by atoms with E-state index in [1.165, 1.54) is 6.08 Å². The first-order chi connectivity index (χ1) is 8.36. The molecule has 3 nitrogen and oxygen atoms in total. The molecule has 1 rings (SSSR count). The van der Waals surface area contributed by atoms with Crippen molar-refractivity contribution in [1.29, 1.82) is 0 Å². The van der Waals surface area contributed by atoms with Crippen molar-refractivity contribution in [2.24, 2.45) is 5.14 Å². The maximum Gasteiger partial charge on any atom is 0.237 e. The highest BCUT2D eigenvalue weighted by Crippen LogP contribution is 2.20. The van der Waals surface area contributed by atoms with Gasteiger partial charge in [-0.25, -0.2) is 13.6 Å². The van der Waals surface area contributed by atoms with E-state index in [2.05, 4.69) is 6.58 Å². The summed E-state index contributed by atoms with van der Waals surface area (Å²) < 4.78 is 22.1. The van der Waals surface area contributed by atoms with Gasteiger partial charge in [0.2, 0.25) is 10.0 Å². The summed E-state index contributed by atoms with van der Waals surface area (Å²) in [5.41, 5.74) is 3.10. The summed E-state index contributed by atoms with van der Waals surface area (Å²) in [6.45, 7) is 7.32. The van der Waals surface area contributed by atoms with Crippen LogP contribution in [0, 0.1) is 6.92 Å². The van der Waals surface area contributed by atoms with Crippen molar-refractivity contribution in [2.45, 2.75) is 13.8 Å². The first kappa shape index (κ1) is 14.4. The van der Waals surface area contributed by atoms with Gasteiger partial charge in [-0.15, -0.1) is 0 Å². The van der Waals surface area contributed by atoms with Gasteiger partial charge in [0.1, 0.15) is 0 Å². The van der Waals surface area contributed by atoms with E-state index in [1.807, 2.05) is 44.2 Å². The van der Waals surface area contributed by atoms with Gasteiger partial charge >= 0.3 is 0 Å². The van der Waals surface area contributed by atoms with E-state index in [0.717, 1.165) is 16.7 Å². The molecule has 1 aromatic rings. The highest BCUT2D eigenvalue weighted by molar-refractivity contribution is 7.93. The normalized spacial score (nSPS) is 12.9. The van der Waals surface area contributed by atoms with Gasteiger partial charge in [-0.3, -0.25) is 0 Å². The second-order valence-electron chi connectivity index (χ2n) is 3.90. The molecule has 0 aliphatic rings. The van der Waals surface area contributed by atoms with Crippen LogP contribution in [0.3, 0.4) is 0 Å². The summed E-state index contributed by atoms with van der Waals surface area (Å²) in [4.78, 5) is -0.101. The van der Waals surface area contributed by atoms with Crippen LogP contribution in [0.4, 0.5) is 0 Å². The predicted molar refractivity (Wildman–Crippen MR) is 76.2 cm³/mol. The zero-order valence-electron chi connectivity index (χ0n) is 10.6. The van der Waals surface area contributed by atoms with Crippen molar-refractivity contribution in [1.82, 2.24) is 0 Å². The van der Waals surface area contributed by atoms with Crippen molar-refractivity contribution in [3.63, 3.8) is 0 Å². The number of benzene rings is 1. The molecule has 0 fully saturated rings. The minimum atomic E-state index is -3.71. The summed E-state index contributed by atoms with van der Waals surface area (Å²) in [5, 5.41) is 4.98. The highest BCUT2D eigenvalue weighted by Gasteiger charge is 2.05. The van der Waals surface area contributed by atoms with Gasteiger partial charge in [0, 0.05) is 0 Å². The largest absolute Gasteiger partial charge is 0.237 e. The molecular weight excluding hydrogens is 246 g/mol. The van der Waals surface area contributed by atoms with Gasteiger partial charge in [0.05, 0.1) is 4.91 Å². The SMILES string of the molecule is C=C(/C=C\C(=C/C)c1ccccc1C)S(N)(=O)=O. The van der Waals surface area contributed by atoms with Gasteiger partial charge in [0.15, 0.2) is 0 Å². The van der Waals surface area contributed by atoms with Crippen molar-refractivity contribution < 1.29 is 8.42 Å². The third-order valence-corrected chi connectivity index (χ3v) is 3.45. The van der Waals surface area contributed by atoms with Gasteiger partial charge in [0.25, 0.3) is 0 Å². The maximum absolute atomic E-state index is 11.0. The summed E-state index contributed by atoms with van der Waals surface area (Å²) in [7, 11) is -3.71. The molecule has 0 spiro atoms. The first-order valence-electron chi connectivity index (χ1n) is 5.48. The van der Waals surface area contributed by atoms with Crippen LogP contribution < -0.4 is 5.14 Å². The topological polar surface area (TPSA) is 60.2 Å². The summed E-state index contributed by atoms with van der Waals surface area (Å²) in [6.07, 6.45) is 5.03. The van der Waals surface area contributed by atoms with E-state index in [1.54, 1.807) is 6.08 Å². The smallest absolute Gasteiger partial charge is 0.225 e. The number of rotatable bonds is 4. The van der Waals surface area contributed by atoms with Gasteiger partial charge in [-0.2, -0.15) is 0 Å². The Morgan fingerprint density at radius 2 is 1.89 bits per heavy atom. The molecule has 0 aliphatic heterocycles. The Labute approximate surface area is 108 Å². The number of sulfonamides is 1. The lowest BCUT2D eigenvalue weighted by Crippen LogP contribution is -2.12. The lowest BCUT2D eigenvalue weighted by molar-refractivity contribution is 0.604. The Morgan fingerprint density at radius 1 is 1.28 bits per heavy atom. The molecule has 1 aromatic carbocycles. The van der Waals surface area contributed by atoms with Crippen molar-refractivity contribution >= 4 is 15.6 Å². The number of hydrogen-bond acceptors (Lipinski definition) is 2. The molecule has 0 saturated carbocycles. The third kappa shape index (κ3) is 3.68. The maximum atomic E-state index is 11.0. The Hall–Kier alpha value is -1.65. The molecule has 0 radical (unpaired) electrons. The van der Waals surface area contributed by atoms with Gasteiger partial charge in [-0.1, -0.05) is 43.0 Å². The molecule has 0 heterocycles. The molecular formula is C14H17NO2S. The van der Waals surface area contributed by atoms with Crippen LogP contribution in [0.15, 0.2) is 54.0 Å². The van der Waals surface area contributed by atoms with Crippen molar-refractivity contribution in [3.8, 4) is 0 Å². The van der Waals surface area contributed by atoms with Crippen molar-refractivity contribution in [2.75, 3.05) is 0 Å². The van der Waals surface area contributed by atoms with E-state index in [9.17, 15) is 8.42 Å². The van der Waals surface area contributed by atoms with Gasteiger partial charge < -0.3 is 0 Å². The Morgan fingerprint density at radius 3 is 2.39 bits per heavy atom. The molecule has 18 heavy (non-hydrogen) atoms. The first-order valence-corrected chi connectivity index (χ1v) is 7.03. The predicted octanol–water partition coefficient (Wildman–Crippen LogP) is 2.76. The number of primary sulfonamides is 1. The van der Waals surface area contributed by atoms with E-state index >= 15 is 0 Å². The second-order valence-corrected chi connectivity index (χ2v) is 5.52. The second kappa shape index (κ2) is 5.80. The molecule has 0 unspecified atom stereocenters. The minimum absolute atomic E-state index is 0.101. The molecule has 96 valence electrons. The van der Waals surface area contributed by atoms with Crippen LogP contribution in [-0.2, 0) is 10.0 Å². The van der Waals surface area contributed by atoms with E-state index < -0.39 is 10.0 Å². The molecule has 2 N–H and O–H groups in total. The summed E-state index contributed by atoms with van der Waals surface area (Å²) in [6, 6.07) is 7.88. The van der Waals surface area contributed by atoms with Crippen LogP contribution >= 0.6 is 0 Å². The fraction of sp³-hybridized carbons (Fsp3) is 0.143. The lowest BCUT2D eigenvalue weighted by Gasteiger charge is -2.06. The van der Waals surface area contributed by atoms with Crippen LogP contribution in [0.2, 0.25) is 0 Å². The Balaban J connectivity index is 3.06. The molecule has 0 bridgehead atoms. The quantitative estimate of drug-likeness (QED) is 0.849. The van der Waals surface area contributed by atoms with Crippen LogP contribution in [-0.4, -0.2) is 8.42 Å². The van der Waals surface area contributed by atoms with E-state index in [4.69, 9.17) is 5.14 Å². The standard InChI is InChI=1S/C14H17NO2S/c1-4-13(10-9-12(3)18(15,16)17)14-8-6-5-7-11(14)2/h4-10H,3H2,1-2H3,(H2,15,16,17)/b10-9-,13-4+. The van der Waals surface area contributed by atoms with Crippen molar-refractivity contribution in [3.05, 3.63) is 65.1 Å². The number of aryl methyl sites for hydroxylation is 1. The number of nitrogens with two attached hydrogens (primary N) is 1. The fourth-order valence-corrected chi connectivity index (χ4v) is 1.77. The molecule has 0 saturated heterocycles. The fourth-order valence-electron chi connectivity index (χ4n) is 1.52. The molecule has 0 aromatic heterocycles. The average molecular weight is 263 g/mol. The monoisotopic (exact) mass is 263 g/mol. The minimum Gasteiger partial charge on any atom is -0.225 e. The molecule has 0 aliphatic carbocycles. The molecule has 0 amide bonds. The Kier molecular flexibility index (Phi) is 4.64. The third-order valence-electron chi connectivity index (χ3n) is 2.58. The zero-order chi connectivity index (χ0) is 13.8. The molecule has 4 heteroatoms. The highest BCUT2D eigenvalue weighted by atomic mass is 32.2. The van der Waals surface area contributed by atoms with Crippen LogP contribution in [0.1, 0.15) is 18.1 Å². The zero-order valence-corrected chi connectivity index (χ0v) is 11.4. The van der Waals surface area contributed by atoms with Gasteiger partial charge in [-0.05, 0) is 36.6 Å². The molecule has 0 atom stereocenters. The van der Waals surface area contributed by atoms with E-state index in [0.29, 0.717) is 0 Å². The number of hydrogen-bond donors (Lipinski definition) is 1. The van der Waals surface area contributed by atoms with Crippen LogP contribution in [0.5, 0.6) is 0 Å². The van der Waals surface area contributed by atoms with E-state index in [-0.39, 0.29) is 4.91 Å². The van der Waals surface area contributed by atoms with Crippen LogP contribution in [0.25, 0.3) is 5.57 Å². The Bertz CT molecular complexity index is 610.